The van der Waals surface area contributed by atoms with Crippen LogP contribution < -0.4 is 20.4 Å². The predicted octanol–water partition coefficient (Wildman–Crippen LogP) is 2.05. The first-order valence-corrected chi connectivity index (χ1v) is 13.2. The van der Waals surface area contributed by atoms with Crippen LogP contribution in [0.3, 0.4) is 0 Å². The molecular weight excluding hydrogens is 494 g/mol. The third-order valence-electron chi connectivity index (χ3n) is 6.83. The minimum atomic E-state index is -0.622. The molecule has 37 heavy (non-hydrogen) atoms. The predicted molar refractivity (Wildman–Crippen MR) is 140 cm³/mol. The standard InChI is InChI=1S/C25H29N7O4S/c1-15-11-16(4-5-27-15)24-32(19(14-36-24)21(26)34)18-12-20-22(28-23(18)31-6-2-3-17(33)13-31)29-25(37-20)30-7-9-35-10-8-30/h4-5,11-12,14,17,24,33H,2-3,6-10,13H2,1H3,(H2,26,34)/t17?,24-/m1/s1. The number of primary amides is 1. The zero-order valence-corrected chi connectivity index (χ0v) is 21.4. The number of piperidine rings is 1. The number of thiazole rings is 1. The van der Waals surface area contributed by atoms with Gasteiger partial charge in [0.25, 0.3) is 5.91 Å². The Morgan fingerprint density at radius 1 is 1.19 bits per heavy atom. The Morgan fingerprint density at radius 2 is 2.03 bits per heavy atom. The number of hydrogen-bond acceptors (Lipinski definition) is 11. The van der Waals surface area contributed by atoms with Gasteiger partial charge in [-0.15, -0.1) is 0 Å². The number of hydrogen-bond donors (Lipinski definition) is 2. The summed E-state index contributed by atoms with van der Waals surface area (Å²) in [6.07, 6.45) is 3.62. The van der Waals surface area contributed by atoms with Gasteiger partial charge in [0.2, 0.25) is 6.23 Å². The van der Waals surface area contributed by atoms with E-state index in [9.17, 15) is 9.90 Å². The van der Waals surface area contributed by atoms with E-state index in [-0.39, 0.29) is 5.70 Å². The molecule has 2 atom stereocenters. The fraction of sp³-hybridized carbons (Fsp3) is 0.440. The van der Waals surface area contributed by atoms with Crippen molar-refractivity contribution in [2.45, 2.75) is 32.1 Å². The van der Waals surface area contributed by atoms with Crippen LogP contribution in [0.5, 0.6) is 0 Å². The molecule has 11 nitrogen and oxygen atoms in total. The molecule has 0 saturated carbocycles. The molecule has 1 unspecified atom stereocenters. The second-order valence-corrected chi connectivity index (χ2v) is 10.5. The monoisotopic (exact) mass is 523 g/mol. The minimum Gasteiger partial charge on any atom is -0.471 e. The highest BCUT2D eigenvalue weighted by atomic mass is 32.1. The molecule has 6 rings (SSSR count). The molecule has 0 spiro atoms. The first-order valence-electron chi connectivity index (χ1n) is 12.4. The number of carbonyl (C=O) groups is 1. The lowest BCUT2D eigenvalue weighted by molar-refractivity contribution is -0.114. The van der Waals surface area contributed by atoms with Crippen LogP contribution in [0.2, 0.25) is 0 Å². The highest BCUT2D eigenvalue weighted by molar-refractivity contribution is 7.22. The minimum absolute atomic E-state index is 0.234. The summed E-state index contributed by atoms with van der Waals surface area (Å²) in [5.41, 5.74) is 9.03. The molecule has 0 radical (unpaired) electrons. The van der Waals surface area contributed by atoms with Crippen molar-refractivity contribution in [3.63, 3.8) is 0 Å². The number of rotatable bonds is 5. The smallest absolute Gasteiger partial charge is 0.268 e. The normalized spacial score (nSPS) is 22.3. The SMILES string of the molecule is Cc1cc([C@H]2OC=C(C(N)=O)N2c2cc3sc(N4CCOCC4)nc3nc2N2CCCC(O)C2)ccn1. The maximum Gasteiger partial charge on any atom is 0.268 e. The lowest BCUT2D eigenvalue weighted by atomic mass is 10.1. The number of β-amino-alcohol motifs (C(OH)–C–C–N with tert-alkyl or cyclic N) is 1. The van der Waals surface area contributed by atoms with Crippen molar-refractivity contribution in [3.8, 4) is 0 Å². The second kappa shape index (κ2) is 9.77. The molecule has 3 aromatic heterocycles. The lowest BCUT2D eigenvalue weighted by Gasteiger charge is -2.35. The van der Waals surface area contributed by atoms with Gasteiger partial charge >= 0.3 is 0 Å². The van der Waals surface area contributed by atoms with E-state index in [0.717, 1.165) is 53.6 Å². The van der Waals surface area contributed by atoms with Crippen molar-refractivity contribution in [3.05, 3.63) is 47.6 Å². The van der Waals surface area contributed by atoms with Gasteiger partial charge in [-0.25, -0.2) is 4.98 Å². The Hall–Kier alpha value is -3.48. The summed E-state index contributed by atoms with van der Waals surface area (Å²) in [7, 11) is 0. The number of carbonyl (C=O) groups excluding carboxylic acids is 1. The largest absolute Gasteiger partial charge is 0.471 e. The Kier molecular flexibility index (Phi) is 6.31. The second-order valence-electron chi connectivity index (χ2n) is 9.45. The molecule has 0 aromatic carbocycles. The Morgan fingerprint density at radius 3 is 2.78 bits per heavy atom. The number of pyridine rings is 2. The number of nitrogens with two attached hydrogens (primary N) is 1. The average Bonchev–Trinajstić information content (AvgIpc) is 3.53. The van der Waals surface area contributed by atoms with Crippen LogP contribution in [0, 0.1) is 6.92 Å². The van der Waals surface area contributed by atoms with Crippen LogP contribution in [-0.2, 0) is 14.3 Å². The molecule has 1 amide bonds. The molecular formula is C25H29N7O4S. The number of amides is 1. The van der Waals surface area contributed by atoms with Gasteiger partial charge in [-0.05, 0) is 38.0 Å². The van der Waals surface area contributed by atoms with Gasteiger partial charge in [0.05, 0.1) is 29.7 Å². The van der Waals surface area contributed by atoms with Crippen LogP contribution in [0.4, 0.5) is 16.6 Å². The van der Waals surface area contributed by atoms with E-state index in [1.807, 2.05) is 25.1 Å². The van der Waals surface area contributed by atoms with Crippen LogP contribution in [-0.4, -0.2) is 71.5 Å². The third-order valence-corrected chi connectivity index (χ3v) is 7.88. The number of ether oxygens (including phenoxy) is 2. The van der Waals surface area contributed by atoms with E-state index < -0.39 is 18.2 Å². The molecule has 3 N–H and O–H groups in total. The quantitative estimate of drug-likeness (QED) is 0.512. The number of aryl methyl sites for hydroxylation is 1. The van der Waals surface area contributed by atoms with E-state index in [2.05, 4.69) is 14.8 Å². The molecule has 0 bridgehead atoms. The fourth-order valence-corrected chi connectivity index (χ4v) is 6.03. The highest BCUT2D eigenvalue weighted by Gasteiger charge is 2.37. The summed E-state index contributed by atoms with van der Waals surface area (Å²) in [5.74, 6) is 0.0369. The van der Waals surface area contributed by atoms with Gasteiger partial charge in [0, 0.05) is 43.6 Å². The van der Waals surface area contributed by atoms with E-state index >= 15 is 0 Å². The highest BCUT2D eigenvalue weighted by Crippen LogP contribution is 2.44. The maximum absolute atomic E-state index is 12.6. The van der Waals surface area contributed by atoms with Gasteiger partial charge in [-0.2, -0.15) is 4.98 Å². The molecule has 0 aliphatic carbocycles. The van der Waals surface area contributed by atoms with Crippen molar-refractivity contribution in [2.24, 2.45) is 5.73 Å². The molecule has 3 aliphatic heterocycles. The Labute approximate surface area is 218 Å². The molecule has 6 heterocycles. The molecule has 2 fully saturated rings. The molecule has 194 valence electrons. The van der Waals surface area contributed by atoms with E-state index in [1.54, 1.807) is 22.4 Å². The number of aliphatic hydroxyl groups is 1. The number of aliphatic hydroxyl groups excluding tert-OH is 1. The zero-order valence-electron chi connectivity index (χ0n) is 20.5. The molecule has 3 aliphatic rings. The van der Waals surface area contributed by atoms with Crippen LogP contribution in [0.15, 0.2) is 36.4 Å². The maximum atomic E-state index is 12.6. The molecule has 3 aromatic rings. The van der Waals surface area contributed by atoms with Crippen LogP contribution in [0.25, 0.3) is 10.3 Å². The number of fused-ring (bicyclic) bond motifs is 1. The average molecular weight is 524 g/mol. The number of aromatic nitrogens is 3. The van der Waals surface area contributed by atoms with Gasteiger partial charge in [-0.3, -0.25) is 14.7 Å². The molecule has 12 heteroatoms. The van der Waals surface area contributed by atoms with Crippen LogP contribution >= 0.6 is 11.3 Å². The fourth-order valence-electron chi connectivity index (χ4n) is 5.03. The zero-order chi connectivity index (χ0) is 25.5. The summed E-state index contributed by atoms with van der Waals surface area (Å²) in [6, 6.07) is 5.80. The first-order chi connectivity index (χ1) is 18.0. The van der Waals surface area contributed by atoms with Crippen molar-refractivity contribution in [1.29, 1.82) is 0 Å². The topological polar surface area (TPSA) is 130 Å². The van der Waals surface area contributed by atoms with Gasteiger partial charge in [-0.1, -0.05) is 11.3 Å². The molecule has 2 saturated heterocycles. The van der Waals surface area contributed by atoms with Crippen molar-refractivity contribution in [1.82, 2.24) is 15.0 Å². The lowest BCUT2D eigenvalue weighted by Crippen LogP contribution is -2.40. The van der Waals surface area contributed by atoms with Crippen molar-refractivity contribution < 1.29 is 19.4 Å². The number of anilines is 3. The summed E-state index contributed by atoms with van der Waals surface area (Å²) in [6.45, 7) is 5.95. The summed E-state index contributed by atoms with van der Waals surface area (Å²) < 4.78 is 12.4. The van der Waals surface area contributed by atoms with Gasteiger partial charge < -0.3 is 30.1 Å². The Bertz CT molecular complexity index is 1360. The van der Waals surface area contributed by atoms with Crippen molar-refractivity contribution in [2.75, 3.05) is 54.1 Å². The van der Waals surface area contributed by atoms with Gasteiger partial charge in [0.15, 0.2) is 16.6 Å². The third kappa shape index (κ3) is 4.56. The van der Waals surface area contributed by atoms with E-state index in [0.29, 0.717) is 36.9 Å². The summed E-state index contributed by atoms with van der Waals surface area (Å²) in [5, 5.41) is 11.3. The number of nitrogens with zero attached hydrogens (tertiary/aromatic N) is 6. The van der Waals surface area contributed by atoms with E-state index in [1.165, 1.54) is 6.26 Å². The van der Waals surface area contributed by atoms with Gasteiger partial charge in [0.1, 0.15) is 12.0 Å². The summed E-state index contributed by atoms with van der Waals surface area (Å²) in [4.78, 5) is 32.8. The van der Waals surface area contributed by atoms with Crippen LogP contribution in [0.1, 0.15) is 30.3 Å². The number of morpholine rings is 1. The Balaban J connectivity index is 1.50. The van der Waals surface area contributed by atoms with Crippen molar-refractivity contribution >= 4 is 44.2 Å². The van der Waals surface area contributed by atoms with E-state index in [4.69, 9.17) is 25.2 Å². The first kappa shape index (κ1) is 23.9. The summed E-state index contributed by atoms with van der Waals surface area (Å²) >= 11 is 1.56.